The van der Waals surface area contributed by atoms with Crippen LogP contribution in [-0.2, 0) is 0 Å². The van der Waals surface area contributed by atoms with E-state index in [-0.39, 0.29) is 0 Å². The second-order valence-corrected chi connectivity index (χ2v) is 16.5. The molecule has 12 rings (SSSR count). The number of benzene rings is 11. The van der Waals surface area contributed by atoms with E-state index in [0.717, 1.165) is 28.3 Å². The first-order chi connectivity index (χ1) is 31.7. The first-order valence-electron chi connectivity index (χ1n) is 22.0. The van der Waals surface area contributed by atoms with Crippen molar-refractivity contribution in [1.82, 2.24) is 4.57 Å². The maximum absolute atomic E-state index is 2.47. The van der Waals surface area contributed by atoms with Crippen molar-refractivity contribution in [3.63, 3.8) is 0 Å². The molecule has 0 aliphatic carbocycles. The average Bonchev–Trinajstić information content (AvgIpc) is 3.72. The Bertz CT molecular complexity index is 3660. The molecular weight excluding hydrogens is 773 g/mol. The summed E-state index contributed by atoms with van der Waals surface area (Å²) in [6.07, 6.45) is 0. The summed E-state index contributed by atoms with van der Waals surface area (Å²) in [6.45, 7) is 0. The quantitative estimate of drug-likeness (QED) is 0.148. The zero-order chi connectivity index (χ0) is 42.4. The summed E-state index contributed by atoms with van der Waals surface area (Å²) < 4.78 is 2.47. The van der Waals surface area contributed by atoms with Crippen LogP contribution in [-0.4, -0.2) is 4.57 Å². The van der Waals surface area contributed by atoms with Crippen LogP contribution in [0.4, 0.5) is 17.1 Å². The first-order valence-corrected chi connectivity index (χ1v) is 22.0. The van der Waals surface area contributed by atoms with E-state index in [1.807, 2.05) is 0 Å². The monoisotopic (exact) mass is 814 g/mol. The molecule has 0 unspecified atom stereocenters. The van der Waals surface area contributed by atoms with Gasteiger partial charge in [-0.3, -0.25) is 0 Å². The van der Waals surface area contributed by atoms with Gasteiger partial charge in [0.1, 0.15) is 0 Å². The van der Waals surface area contributed by atoms with Gasteiger partial charge in [0.25, 0.3) is 0 Å². The molecule has 0 amide bonds. The average molecular weight is 815 g/mol. The van der Waals surface area contributed by atoms with Gasteiger partial charge in [0.15, 0.2) is 0 Å². The van der Waals surface area contributed by atoms with Crippen LogP contribution in [0.5, 0.6) is 0 Å². The lowest BCUT2D eigenvalue weighted by atomic mass is 9.92. The van der Waals surface area contributed by atoms with Crippen LogP contribution in [0.3, 0.4) is 0 Å². The number of hydrogen-bond acceptors (Lipinski definition) is 1. The summed E-state index contributed by atoms with van der Waals surface area (Å²) in [7, 11) is 0. The van der Waals surface area contributed by atoms with Crippen molar-refractivity contribution in [2.75, 3.05) is 4.90 Å². The van der Waals surface area contributed by atoms with Crippen LogP contribution in [0, 0.1) is 0 Å². The van der Waals surface area contributed by atoms with E-state index >= 15 is 0 Å². The highest BCUT2D eigenvalue weighted by atomic mass is 15.1. The van der Waals surface area contributed by atoms with Gasteiger partial charge in [-0.15, -0.1) is 0 Å². The predicted octanol–water partition coefficient (Wildman–Crippen LogP) is 17.2. The van der Waals surface area contributed by atoms with Crippen LogP contribution in [0.25, 0.3) is 93.5 Å². The molecule has 0 aliphatic heterocycles. The molecule has 0 spiro atoms. The second-order valence-electron chi connectivity index (χ2n) is 16.5. The minimum atomic E-state index is 1.08. The summed E-state index contributed by atoms with van der Waals surface area (Å²) in [5.74, 6) is 0. The number of para-hydroxylation sites is 2. The van der Waals surface area contributed by atoms with Gasteiger partial charge in [0.2, 0.25) is 0 Å². The Morgan fingerprint density at radius 2 is 0.859 bits per heavy atom. The predicted molar refractivity (Wildman–Crippen MR) is 272 cm³/mol. The molecule has 0 bridgehead atoms. The molecular formula is C62H42N2. The minimum absolute atomic E-state index is 1.08. The molecule has 0 atom stereocenters. The van der Waals surface area contributed by atoms with Gasteiger partial charge in [0, 0.05) is 38.8 Å². The zero-order valence-electron chi connectivity index (χ0n) is 35.1. The van der Waals surface area contributed by atoms with E-state index in [1.165, 1.54) is 82.3 Å². The lowest BCUT2D eigenvalue weighted by molar-refractivity contribution is 1.19. The van der Waals surface area contributed by atoms with E-state index in [2.05, 4.69) is 264 Å². The van der Waals surface area contributed by atoms with Crippen molar-refractivity contribution < 1.29 is 0 Å². The molecule has 1 aromatic heterocycles. The highest BCUT2D eigenvalue weighted by Crippen LogP contribution is 2.44. The van der Waals surface area contributed by atoms with Crippen molar-refractivity contribution in [3.05, 3.63) is 255 Å². The molecule has 12 aromatic rings. The molecule has 0 fully saturated rings. The number of fused-ring (bicyclic) bond motifs is 6. The van der Waals surface area contributed by atoms with Crippen LogP contribution in [0.2, 0.25) is 0 Å². The van der Waals surface area contributed by atoms with E-state index in [1.54, 1.807) is 0 Å². The molecule has 64 heavy (non-hydrogen) atoms. The van der Waals surface area contributed by atoms with Crippen LogP contribution < -0.4 is 4.90 Å². The van der Waals surface area contributed by atoms with Gasteiger partial charge in [-0.1, -0.05) is 200 Å². The van der Waals surface area contributed by atoms with Crippen LogP contribution >= 0.6 is 0 Å². The molecule has 2 nitrogen and oxygen atoms in total. The van der Waals surface area contributed by atoms with E-state index in [9.17, 15) is 0 Å². The molecule has 11 aromatic carbocycles. The van der Waals surface area contributed by atoms with Gasteiger partial charge in [-0.25, -0.2) is 0 Å². The Morgan fingerprint density at radius 3 is 1.69 bits per heavy atom. The Morgan fingerprint density at radius 1 is 0.266 bits per heavy atom. The lowest BCUT2D eigenvalue weighted by Gasteiger charge is -2.27. The molecule has 1 heterocycles. The molecule has 0 N–H and O–H groups in total. The molecule has 0 aliphatic rings. The van der Waals surface area contributed by atoms with E-state index in [4.69, 9.17) is 0 Å². The van der Waals surface area contributed by atoms with Crippen molar-refractivity contribution in [1.29, 1.82) is 0 Å². The van der Waals surface area contributed by atoms with E-state index < -0.39 is 0 Å². The molecule has 300 valence electrons. The number of anilines is 3. The third-order valence-electron chi connectivity index (χ3n) is 12.8. The van der Waals surface area contributed by atoms with Gasteiger partial charge >= 0.3 is 0 Å². The summed E-state index contributed by atoms with van der Waals surface area (Å²) in [4.78, 5) is 2.40. The smallest absolute Gasteiger partial charge is 0.0619 e. The number of aromatic nitrogens is 1. The maximum Gasteiger partial charge on any atom is 0.0619 e. The third-order valence-corrected chi connectivity index (χ3v) is 12.8. The largest absolute Gasteiger partial charge is 0.310 e. The zero-order valence-corrected chi connectivity index (χ0v) is 35.1. The highest BCUT2D eigenvalue weighted by molar-refractivity contribution is 6.19. The van der Waals surface area contributed by atoms with Gasteiger partial charge in [0.05, 0.1) is 16.7 Å². The summed E-state index contributed by atoms with van der Waals surface area (Å²) >= 11 is 0. The number of nitrogens with zero attached hydrogens (tertiary/aromatic N) is 2. The lowest BCUT2D eigenvalue weighted by Crippen LogP contribution is -2.10. The van der Waals surface area contributed by atoms with Gasteiger partial charge in [-0.2, -0.15) is 0 Å². The number of hydrogen-bond donors (Lipinski definition) is 0. The minimum Gasteiger partial charge on any atom is -0.310 e. The van der Waals surface area contributed by atoms with Crippen molar-refractivity contribution >= 4 is 60.4 Å². The molecule has 0 saturated heterocycles. The highest BCUT2D eigenvalue weighted by Gasteiger charge is 2.20. The fraction of sp³-hybridized carbons (Fsp3) is 0. The summed E-state index contributed by atoms with van der Waals surface area (Å²) in [6, 6.07) is 92.7. The molecule has 0 radical (unpaired) electrons. The Kier molecular flexibility index (Phi) is 9.20. The third kappa shape index (κ3) is 6.52. The standard InChI is InChI=1S/C62H42N2/c1-3-16-43(17-4-1)49-23-15-24-52(41-49)63(53-37-39-54(59(42-53)45-19-5-2-6-20-45)50-31-30-44-18-7-8-22-48(44)40-50)51-35-32-47(33-36-51)55-25-11-13-28-60(55)64-61-29-14-12-27-57(61)58-38-34-46-21-9-10-26-56(46)62(58)64/h1-42H. The first kappa shape index (κ1) is 37.3. The van der Waals surface area contributed by atoms with Crippen molar-refractivity contribution in [3.8, 4) is 50.2 Å². The SMILES string of the molecule is c1ccc(-c2cccc(N(c3ccc(-c4ccccc4-n4c5ccccc5c5ccc6ccccc6c54)cc3)c3ccc(-c4ccc5ccccc5c4)c(-c4ccccc4)c3)c2)cc1. The normalized spacial score (nSPS) is 11.4. The Balaban J connectivity index is 1.02. The fourth-order valence-electron chi connectivity index (χ4n) is 9.72. The topological polar surface area (TPSA) is 8.17 Å². The summed E-state index contributed by atoms with van der Waals surface area (Å²) in [5, 5.41) is 7.46. The fourth-order valence-corrected chi connectivity index (χ4v) is 9.72. The maximum atomic E-state index is 2.47. The van der Waals surface area contributed by atoms with Crippen LogP contribution in [0.15, 0.2) is 255 Å². The number of rotatable bonds is 8. The van der Waals surface area contributed by atoms with Gasteiger partial charge in [-0.05, 0) is 110 Å². The van der Waals surface area contributed by atoms with E-state index in [0.29, 0.717) is 0 Å². The summed E-state index contributed by atoms with van der Waals surface area (Å²) in [5.41, 5.74) is 16.3. The van der Waals surface area contributed by atoms with Crippen LogP contribution in [0.1, 0.15) is 0 Å². The second kappa shape index (κ2) is 15.8. The Labute approximate surface area is 373 Å². The van der Waals surface area contributed by atoms with Crippen molar-refractivity contribution in [2.24, 2.45) is 0 Å². The Hall–Kier alpha value is -8.46. The van der Waals surface area contributed by atoms with Gasteiger partial charge < -0.3 is 9.47 Å². The molecule has 2 heteroatoms. The van der Waals surface area contributed by atoms with Crippen molar-refractivity contribution in [2.45, 2.75) is 0 Å². The molecule has 0 saturated carbocycles.